The van der Waals surface area contributed by atoms with Crippen LogP contribution in [-0.4, -0.2) is 26.5 Å². The molecule has 0 spiro atoms. The number of hydrogen-bond acceptors (Lipinski definition) is 3. The third-order valence-corrected chi connectivity index (χ3v) is 2.16. The van der Waals surface area contributed by atoms with Gasteiger partial charge in [0, 0.05) is 5.56 Å². The second-order valence-corrected chi connectivity index (χ2v) is 3.34. The van der Waals surface area contributed by atoms with Crippen LogP contribution < -0.4 is 10.1 Å². The Hall–Kier alpha value is -1.56. The second-order valence-electron chi connectivity index (χ2n) is 3.34. The number of carbonyl (C=O) groups excluding carboxylic acids is 1. The summed E-state index contributed by atoms with van der Waals surface area (Å²) in [5.74, 6) is -1.79. The lowest BCUT2D eigenvalue weighted by atomic mass is 10.1. The zero-order valence-corrected chi connectivity index (χ0v) is 9.39. The standard InChI is InChI=1S/C11H12F3NO2/c1-15-5-9(16)7-3-6(11(13)14)4-8(12)10(7)17-2/h3-4,11,15H,5H2,1-2H3. The van der Waals surface area contributed by atoms with E-state index in [0.29, 0.717) is 6.07 Å². The van der Waals surface area contributed by atoms with E-state index in [0.717, 1.165) is 6.07 Å². The zero-order valence-electron chi connectivity index (χ0n) is 9.39. The van der Waals surface area contributed by atoms with Crippen LogP contribution in [0.15, 0.2) is 12.1 Å². The summed E-state index contributed by atoms with van der Waals surface area (Å²) in [6.45, 7) is -0.0809. The van der Waals surface area contributed by atoms with E-state index < -0.39 is 23.6 Å². The van der Waals surface area contributed by atoms with Gasteiger partial charge in [-0.05, 0) is 19.2 Å². The Morgan fingerprint density at radius 1 is 1.47 bits per heavy atom. The van der Waals surface area contributed by atoms with Gasteiger partial charge in [0.2, 0.25) is 0 Å². The van der Waals surface area contributed by atoms with Crippen LogP contribution in [0, 0.1) is 5.82 Å². The molecule has 0 saturated heterocycles. The minimum Gasteiger partial charge on any atom is -0.493 e. The van der Waals surface area contributed by atoms with Crippen molar-refractivity contribution >= 4 is 5.78 Å². The maximum atomic E-state index is 13.4. The lowest BCUT2D eigenvalue weighted by Gasteiger charge is -2.11. The van der Waals surface area contributed by atoms with Crippen LogP contribution in [0.1, 0.15) is 22.3 Å². The first kappa shape index (κ1) is 13.5. The molecule has 0 aromatic heterocycles. The van der Waals surface area contributed by atoms with Gasteiger partial charge in [-0.25, -0.2) is 13.2 Å². The van der Waals surface area contributed by atoms with Crippen molar-refractivity contribution in [2.24, 2.45) is 0 Å². The lowest BCUT2D eigenvalue weighted by molar-refractivity contribution is 0.0989. The first-order valence-corrected chi connectivity index (χ1v) is 4.84. The number of hydrogen-bond donors (Lipinski definition) is 1. The molecule has 0 aliphatic carbocycles. The molecule has 1 rings (SSSR count). The van der Waals surface area contributed by atoms with Crippen LogP contribution in [0.25, 0.3) is 0 Å². The summed E-state index contributed by atoms with van der Waals surface area (Å²) in [6, 6.07) is 1.62. The van der Waals surface area contributed by atoms with Gasteiger partial charge >= 0.3 is 0 Å². The summed E-state index contributed by atoms with van der Waals surface area (Å²) in [6.07, 6.45) is -2.84. The number of carbonyl (C=O) groups is 1. The minimum atomic E-state index is -2.84. The predicted molar refractivity (Wildman–Crippen MR) is 56.2 cm³/mol. The normalized spacial score (nSPS) is 10.7. The fraction of sp³-hybridized carbons (Fsp3) is 0.364. The number of alkyl halides is 2. The van der Waals surface area contributed by atoms with Crippen molar-refractivity contribution in [3.05, 3.63) is 29.1 Å². The molecule has 0 heterocycles. The smallest absolute Gasteiger partial charge is 0.263 e. The molecule has 0 aliphatic rings. The molecular weight excluding hydrogens is 235 g/mol. The molecule has 1 aromatic carbocycles. The number of likely N-dealkylation sites (N-methyl/N-ethyl adjacent to an activating group) is 1. The summed E-state index contributed by atoms with van der Waals surface area (Å²) in [4.78, 5) is 11.6. The summed E-state index contributed by atoms with van der Waals surface area (Å²) < 4.78 is 43.1. The van der Waals surface area contributed by atoms with Gasteiger partial charge in [0.25, 0.3) is 6.43 Å². The Bertz CT molecular complexity index is 421. The van der Waals surface area contributed by atoms with Gasteiger partial charge in [0.1, 0.15) is 0 Å². The molecule has 0 aliphatic heterocycles. The third kappa shape index (κ3) is 2.97. The van der Waals surface area contributed by atoms with E-state index in [-0.39, 0.29) is 17.9 Å². The van der Waals surface area contributed by atoms with Crippen LogP contribution in [0.4, 0.5) is 13.2 Å². The van der Waals surface area contributed by atoms with Gasteiger partial charge in [0.15, 0.2) is 17.3 Å². The maximum Gasteiger partial charge on any atom is 0.263 e. The van der Waals surface area contributed by atoms with E-state index in [4.69, 9.17) is 4.74 Å². The van der Waals surface area contributed by atoms with Crippen molar-refractivity contribution in [1.82, 2.24) is 5.32 Å². The highest BCUT2D eigenvalue weighted by atomic mass is 19.3. The Labute approximate surface area is 96.6 Å². The maximum absolute atomic E-state index is 13.4. The van der Waals surface area contributed by atoms with Crippen molar-refractivity contribution < 1.29 is 22.7 Å². The number of Topliss-reactive ketones (excluding diaryl/α,β-unsaturated/α-hetero) is 1. The second kappa shape index (κ2) is 5.67. The van der Waals surface area contributed by atoms with Crippen LogP contribution in [0.3, 0.4) is 0 Å². The monoisotopic (exact) mass is 247 g/mol. The molecule has 0 bridgehead atoms. The molecule has 0 saturated carbocycles. The summed E-state index contributed by atoms with van der Waals surface area (Å²) in [5.41, 5.74) is -0.722. The van der Waals surface area contributed by atoms with E-state index in [2.05, 4.69) is 5.32 Å². The topological polar surface area (TPSA) is 38.3 Å². The Morgan fingerprint density at radius 3 is 2.59 bits per heavy atom. The van der Waals surface area contributed by atoms with E-state index in [1.165, 1.54) is 14.2 Å². The van der Waals surface area contributed by atoms with E-state index in [1.54, 1.807) is 0 Å². The Kier molecular flexibility index (Phi) is 4.51. The molecular formula is C11H12F3NO2. The largest absolute Gasteiger partial charge is 0.493 e. The molecule has 6 heteroatoms. The Morgan fingerprint density at radius 2 is 2.12 bits per heavy atom. The highest BCUT2D eigenvalue weighted by Crippen LogP contribution is 2.29. The molecule has 3 nitrogen and oxygen atoms in total. The van der Waals surface area contributed by atoms with Gasteiger partial charge in [0.05, 0.1) is 19.2 Å². The summed E-state index contributed by atoms with van der Waals surface area (Å²) in [7, 11) is 2.70. The number of methoxy groups -OCH3 is 1. The molecule has 1 N–H and O–H groups in total. The van der Waals surface area contributed by atoms with Crippen molar-refractivity contribution in [2.45, 2.75) is 6.43 Å². The average molecular weight is 247 g/mol. The SMILES string of the molecule is CNCC(=O)c1cc(C(F)F)cc(F)c1OC. The Balaban J connectivity index is 3.28. The number of nitrogens with one attached hydrogen (secondary N) is 1. The molecule has 1 aromatic rings. The fourth-order valence-corrected chi connectivity index (χ4v) is 1.41. The van der Waals surface area contributed by atoms with Gasteiger partial charge in [-0.3, -0.25) is 4.79 Å². The van der Waals surface area contributed by atoms with Crippen molar-refractivity contribution in [3.8, 4) is 5.75 Å². The molecule has 0 fully saturated rings. The van der Waals surface area contributed by atoms with Crippen LogP contribution in [-0.2, 0) is 0 Å². The number of benzene rings is 1. The quantitative estimate of drug-likeness (QED) is 0.810. The van der Waals surface area contributed by atoms with Crippen LogP contribution in [0.5, 0.6) is 5.75 Å². The van der Waals surface area contributed by atoms with Gasteiger partial charge < -0.3 is 10.1 Å². The molecule has 94 valence electrons. The van der Waals surface area contributed by atoms with E-state index >= 15 is 0 Å². The van der Waals surface area contributed by atoms with Crippen molar-refractivity contribution in [3.63, 3.8) is 0 Å². The lowest BCUT2D eigenvalue weighted by Crippen LogP contribution is -2.19. The minimum absolute atomic E-state index is 0.0809. The predicted octanol–water partition coefficient (Wildman–Crippen LogP) is 2.17. The van der Waals surface area contributed by atoms with Crippen LogP contribution in [0.2, 0.25) is 0 Å². The number of ether oxygens (including phenoxy) is 1. The molecule has 0 unspecified atom stereocenters. The zero-order chi connectivity index (χ0) is 13.0. The van der Waals surface area contributed by atoms with Gasteiger partial charge in [-0.15, -0.1) is 0 Å². The third-order valence-electron chi connectivity index (χ3n) is 2.16. The van der Waals surface area contributed by atoms with Crippen molar-refractivity contribution in [1.29, 1.82) is 0 Å². The molecule has 0 atom stereocenters. The highest BCUT2D eigenvalue weighted by Gasteiger charge is 2.20. The van der Waals surface area contributed by atoms with Gasteiger partial charge in [-0.1, -0.05) is 0 Å². The van der Waals surface area contributed by atoms with Crippen molar-refractivity contribution in [2.75, 3.05) is 20.7 Å². The summed E-state index contributed by atoms with van der Waals surface area (Å²) >= 11 is 0. The number of rotatable bonds is 5. The van der Waals surface area contributed by atoms with Gasteiger partial charge in [-0.2, -0.15) is 0 Å². The molecule has 0 radical (unpaired) electrons. The summed E-state index contributed by atoms with van der Waals surface area (Å²) in [5, 5.41) is 2.57. The number of halogens is 3. The first-order valence-electron chi connectivity index (χ1n) is 4.84. The number of ketones is 1. The fourth-order valence-electron chi connectivity index (χ4n) is 1.41. The first-order chi connectivity index (χ1) is 8.01. The molecule has 0 amide bonds. The van der Waals surface area contributed by atoms with Crippen LogP contribution >= 0.6 is 0 Å². The van der Waals surface area contributed by atoms with E-state index in [9.17, 15) is 18.0 Å². The molecule has 17 heavy (non-hydrogen) atoms. The highest BCUT2D eigenvalue weighted by molar-refractivity contribution is 6.00. The average Bonchev–Trinajstić information content (AvgIpc) is 2.28. The van der Waals surface area contributed by atoms with E-state index in [1.807, 2.05) is 0 Å².